The molecule has 0 aromatic rings. The average Bonchev–Trinajstić information content (AvgIpc) is 2.76. The molecule has 0 amide bonds. The summed E-state index contributed by atoms with van der Waals surface area (Å²) < 4.78 is 10.1. The van der Waals surface area contributed by atoms with Gasteiger partial charge < -0.3 is 29.9 Å². The van der Waals surface area contributed by atoms with Gasteiger partial charge in [-0.15, -0.1) is 0 Å². The number of rotatable bonds is 18. The monoisotopic (exact) mass is 446 g/mol. The zero-order chi connectivity index (χ0) is 22.9. The van der Waals surface area contributed by atoms with Gasteiger partial charge in [-0.1, -0.05) is 96.8 Å². The van der Waals surface area contributed by atoms with Crippen LogP contribution in [0.15, 0.2) is 0 Å². The Hall–Kier alpha value is -0.730. The maximum Gasteiger partial charge on any atom is 0.305 e. The van der Waals surface area contributed by atoms with E-state index in [1.54, 1.807) is 0 Å². The van der Waals surface area contributed by atoms with Crippen LogP contribution in [0.4, 0.5) is 0 Å². The summed E-state index contributed by atoms with van der Waals surface area (Å²) in [7, 11) is 0. The molecule has 0 bridgehead atoms. The van der Waals surface area contributed by atoms with Crippen LogP contribution >= 0.6 is 0 Å². The number of ether oxygens (including phenoxy) is 2. The number of aliphatic hydroxyl groups excluding tert-OH is 4. The van der Waals surface area contributed by atoms with E-state index in [9.17, 15) is 25.2 Å². The molecule has 1 aliphatic heterocycles. The molecule has 1 fully saturated rings. The van der Waals surface area contributed by atoms with Crippen LogP contribution < -0.4 is 0 Å². The van der Waals surface area contributed by atoms with Gasteiger partial charge in [-0.05, 0) is 6.42 Å². The van der Waals surface area contributed by atoms with Crippen LogP contribution in [0, 0.1) is 0 Å². The van der Waals surface area contributed by atoms with Gasteiger partial charge in [0.25, 0.3) is 0 Å². The second-order valence-electron chi connectivity index (χ2n) is 8.92. The molecule has 0 aliphatic carbocycles. The van der Waals surface area contributed by atoms with E-state index in [-0.39, 0.29) is 12.6 Å². The Morgan fingerprint density at radius 2 is 1.13 bits per heavy atom. The summed E-state index contributed by atoms with van der Waals surface area (Å²) in [5.41, 5.74) is 0. The van der Waals surface area contributed by atoms with E-state index in [1.165, 1.54) is 77.0 Å². The lowest BCUT2D eigenvalue weighted by molar-refractivity contribution is -0.287. The molecule has 5 atom stereocenters. The Morgan fingerprint density at radius 3 is 1.61 bits per heavy atom. The molecular weight excluding hydrogens is 400 g/mol. The van der Waals surface area contributed by atoms with Crippen molar-refractivity contribution < 1.29 is 34.7 Å². The fraction of sp³-hybridized carbons (Fsp3) is 0.958. The maximum atomic E-state index is 11.8. The van der Waals surface area contributed by atoms with Gasteiger partial charge in [-0.3, -0.25) is 4.79 Å². The van der Waals surface area contributed by atoms with Gasteiger partial charge in [0.1, 0.15) is 31.0 Å². The van der Waals surface area contributed by atoms with Crippen LogP contribution in [0.1, 0.15) is 110 Å². The minimum atomic E-state index is -1.61. The molecule has 0 radical (unpaired) electrons. The minimum absolute atomic E-state index is 0.264. The Kier molecular flexibility index (Phi) is 16.2. The number of carbonyl (C=O) groups excluding carboxylic acids is 1. The third-order valence-corrected chi connectivity index (χ3v) is 6.08. The Balaban J connectivity index is 1.89. The summed E-state index contributed by atoms with van der Waals surface area (Å²) in [5.74, 6) is -0.388. The summed E-state index contributed by atoms with van der Waals surface area (Å²) in [6.07, 6.45) is 12.0. The lowest BCUT2D eigenvalue weighted by atomic mass is 9.99. The molecule has 1 heterocycles. The van der Waals surface area contributed by atoms with E-state index < -0.39 is 30.7 Å². The number of hydrogen-bond donors (Lipinski definition) is 4. The van der Waals surface area contributed by atoms with Crippen molar-refractivity contribution in [1.29, 1.82) is 0 Å². The van der Waals surface area contributed by atoms with Crippen LogP contribution in [0.5, 0.6) is 0 Å². The van der Waals surface area contributed by atoms with E-state index in [0.29, 0.717) is 6.42 Å². The van der Waals surface area contributed by atoms with Gasteiger partial charge >= 0.3 is 5.97 Å². The second kappa shape index (κ2) is 17.8. The average molecular weight is 447 g/mol. The standard InChI is InChI=1S/C24H46O7/c1-2-3-4-5-6-7-8-9-10-11-12-13-14-15-16-17-20(25)30-18-19-21(26)22(27)23(28)24(29)31-19/h19,21-24,26-29H,2-18H2,1H3/t19-,21-,22+,23-,24-/m1/s1. The SMILES string of the molecule is CCCCCCCCCCCCCCCCCC(=O)OC[C@H]1O[C@@H](O)[C@H](O)[C@@H](O)[C@@H]1O. The highest BCUT2D eigenvalue weighted by molar-refractivity contribution is 5.69. The minimum Gasteiger partial charge on any atom is -0.463 e. The first-order valence-electron chi connectivity index (χ1n) is 12.5. The molecule has 7 heteroatoms. The van der Waals surface area contributed by atoms with Crippen molar-refractivity contribution in [2.75, 3.05) is 6.61 Å². The van der Waals surface area contributed by atoms with Crippen molar-refractivity contribution in [3.8, 4) is 0 Å². The zero-order valence-electron chi connectivity index (χ0n) is 19.4. The molecule has 184 valence electrons. The first-order chi connectivity index (χ1) is 15.0. The van der Waals surface area contributed by atoms with Crippen LogP contribution in [-0.4, -0.2) is 63.7 Å². The summed E-state index contributed by atoms with van der Waals surface area (Å²) in [5, 5.41) is 38.3. The van der Waals surface area contributed by atoms with Crippen molar-refractivity contribution >= 4 is 5.97 Å². The number of hydrogen-bond acceptors (Lipinski definition) is 7. The molecular formula is C24H46O7. The first kappa shape index (κ1) is 28.3. The van der Waals surface area contributed by atoms with Crippen LogP contribution in [0.3, 0.4) is 0 Å². The van der Waals surface area contributed by atoms with Crippen molar-refractivity contribution in [2.45, 2.75) is 140 Å². The normalized spacial score (nSPS) is 26.2. The van der Waals surface area contributed by atoms with Crippen molar-refractivity contribution in [2.24, 2.45) is 0 Å². The predicted molar refractivity (Wildman–Crippen MR) is 119 cm³/mol. The summed E-state index contributed by atoms with van der Waals surface area (Å²) in [6.45, 7) is 1.99. The van der Waals surface area contributed by atoms with E-state index in [0.717, 1.165) is 19.3 Å². The molecule has 1 rings (SSSR count). The molecule has 0 spiro atoms. The Morgan fingerprint density at radius 1 is 0.677 bits per heavy atom. The van der Waals surface area contributed by atoms with Gasteiger partial charge in [-0.2, -0.15) is 0 Å². The highest BCUT2D eigenvalue weighted by Gasteiger charge is 2.43. The van der Waals surface area contributed by atoms with Gasteiger partial charge in [0.2, 0.25) is 0 Å². The summed E-state index contributed by atoms with van der Waals surface area (Å²) in [4.78, 5) is 11.8. The zero-order valence-corrected chi connectivity index (χ0v) is 19.4. The lowest BCUT2D eigenvalue weighted by Gasteiger charge is -2.37. The first-order valence-corrected chi connectivity index (χ1v) is 12.5. The number of unbranched alkanes of at least 4 members (excludes halogenated alkanes) is 14. The molecule has 0 aromatic carbocycles. The number of esters is 1. The van der Waals surface area contributed by atoms with E-state index in [2.05, 4.69) is 6.92 Å². The van der Waals surface area contributed by atoms with E-state index in [4.69, 9.17) is 9.47 Å². The maximum absolute atomic E-state index is 11.8. The smallest absolute Gasteiger partial charge is 0.305 e. The summed E-state index contributed by atoms with van der Waals surface area (Å²) in [6, 6.07) is 0. The van der Waals surface area contributed by atoms with E-state index in [1.807, 2.05) is 0 Å². The highest BCUT2D eigenvalue weighted by Crippen LogP contribution is 2.20. The molecule has 0 saturated carbocycles. The van der Waals surface area contributed by atoms with Crippen molar-refractivity contribution in [3.05, 3.63) is 0 Å². The summed E-state index contributed by atoms with van der Waals surface area (Å²) >= 11 is 0. The largest absolute Gasteiger partial charge is 0.463 e. The molecule has 0 unspecified atom stereocenters. The van der Waals surface area contributed by atoms with E-state index >= 15 is 0 Å². The van der Waals surface area contributed by atoms with Gasteiger partial charge in [-0.25, -0.2) is 0 Å². The van der Waals surface area contributed by atoms with Gasteiger partial charge in [0.05, 0.1) is 0 Å². The van der Waals surface area contributed by atoms with Crippen LogP contribution in [0.25, 0.3) is 0 Å². The van der Waals surface area contributed by atoms with Crippen LogP contribution in [-0.2, 0) is 14.3 Å². The Bertz CT molecular complexity index is 446. The van der Waals surface area contributed by atoms with Gasteiger partial charge in [0, 0.05) is 6.42 Å². The fourth-order valence-corrected chi connectivity index (χ4v) is 3.96. The topological polar surface area (TPSA) is 116 Å². The number of aliphatic hydroxyl groups is 4. The van der Waals surface area contributed by atoms with Crippen LogP contribution in [0.2, 0.25) is 0 Å². The van der Waals surface area contributed by atoms with Gasteiger partial charge in [0.15, 0.2) is 6.29 Å². The molecule has 4 N–H and O–H groups in total. The molecule has 7 nitrogen and oxygen atoms in total. The van der Waals surface area contributed by atoms with Crippen molar-refractivity contribution in [3.63, 3.8) is 0 Å². The quantitative estimate of drug-likeness (QED) is 0.188. The third kappa shape index (κ3) is 12.8. The van der Waals surface area contributed by atoms with Crippen molar-refractivity contribution in [1.82, 2.24) is 0 Å². The lowest BCUT2D eigenvalue weighted by Crippen LogP contribution is -2.58. The number of carbonyl (C=O) groups is 1. The fourth-order valence-electron chi connectivity index (χ4n) is 3.96. The highest BCUT2D eigenvalue weighted by atomic mass is 16.6. The molecule has 31 heavy (non-hydrogen) atoms. The third-order valence-electron chi connectivity index (χ3n) is 6.08. The Labute approximate surface area is 188 Å². The predicted octanol–water partition coefficient (Wildman–Crippen LogP) is 3.59. The molecule has 1 saturated heterocycles. The molecule has 1 aliphatic rings. The molecule has 0 aromatic heterocycles. The second-order valence-corrected chi connectivity index (χ2v) is 8.92.